The first-order valence-corrected chi connectivity index (χ1v) is 10.7. The second kappa shape index (κ2) is 13.3. The van der Waals surface area contributed by atoms with Crippen molar-refractivity contribution in [1.29, 1.82) is 0 Å². The van der Waals surface area contributed by atoms with E-state index in [-0.39, 0.29) is 55.6 Å². The van der Waals surface area contributed by atoms with Crippen LogP contribution in [0.3, 0.4) is 0 Å². The molecule has 0 bridgehead atoms. The number of amides is 1. The lowest BCUT2D eigenvalue weighted by Crippen LogP contribution is -2.46. The summed E-state index contributed by atoms with van der Waals surface area (Å²) in [5.41, 5.74) is 0. The Bertz CT molecular complexity index is 907. The Kier molecular flexibility index (Phi) is 10.8. The van der Waals surface area contributed by atoms with Gasteiger partial charge in [-0.1, -0.05) is 30.5 Å². The smallest absolute Gasteiger partial charge is 0.414 e. The van der Waals surface area contributed by atoms with E-state index in [0.717, 1.165) is 6.07 Å². The van der Waals surface area contributed by atoms with Gasteiger partial charge >= 0.3 is 12.3 Å². The molecule has 1 fully saturated rings. The molecule has 1 N–H and O–H groups in total. The number of benzene rings is 1. The molecule has 14 heteroatoms. The molecule has 0 spiro atoms. The van der Waals surface area contributed by atoms with Crippen LogP contribution in [0.25, 0.3) is 0 Å². The monoisotopic (exact) mass is 513 g/mol. The largest absolute Gasteiger partial charge is 0.484 e. The summed E-state index contributed by atoms with van der Waals surface area (Å²) >= 11 is 5.58. The van der Waals surface area contributed by atoms with Crippen LogP contribution >= 0.6 is 11.6 Å². The molecule has 2 heterocycles. The van der Waals surface area contributed by atoms with Crippen molar-refractivity contribution in [2.24, 2.45) is 0 Å². The molecule has 0 unspecified atom stereocenters. The summed E-state index contributed by atoms with van der Waals surface area (Å²) in [6.07, 6.45) is -6.83. The van der Waals surface area contributed by atoms with E-state index in [4.69, 9.17) is 35.0 Å². The minimum absolute atomic E-state index is 0.0517. The van der Waals surface area contributed by atoms with Gasteiger partial charge in [-0.05, 0) is 18.6 Å². The number of alkyl halides is 3. The van der Waals surface area contributed by atoms with Crippen LogP contribution in [0.1, 0.15) is 38.9 Å². The third-order valence-electron chi connectivity index (χ3n) is 3.98. The predicted octanol–water partition coefficient (Wildman–Crippen LogP) is 4.22. The number of ether oxygens (including phenoxy) is 4. The summed E-state index contributed by atoms with van der Waals surface area (Å²) in [7, 11) is 0. The molecule has 1 aliphatic heterocycles. The average Bonchev–Trinajstić information content (AvgIpc) is 3.28. The number of nitrogens with one attached hydrogen (secondary N) is 1. The van der Waals surface area contributed by atoms with Gasteiger partial charge in [-0.3, -0.25) is 4.79 Å². The van der Waals surface area contributed by atoms with Crippen LogP contribution in [-0.4, -0.2) is 54.8 Å². The molecular formula is C20H24ClF4N3O6. The zero-order valence-electron chi connectivity index (χ0n) is 18.4. The fourth-order valence-corrected chi connectivity index (χ4v) is 2.64. The summed E-state index contributed by atoms with van der Waals surface area (Å²) in [4.78, 5) is 12.0. The van der Waals surface area contributed by atoms with Crippen molar-refractivity contribution in [1.82, 2.24) is 15.5 Å². The molecule has 0 atom stereocenters. The number of nitrogens with zero attached hydrogens (tertiary/aromatic N) is 2. The lowest BCUT2D eigenvalue weighted by molar-refractivity contribution is -0.205. The maximum Gasteiger partial charge on any atom is 0.414 e. The Hall–Kier alpha value is -2.64. The highest BCUT2D eigenvalue weighted by molar-refractivity contribution is 6.30. The van der Waals surface area contributed by atoms with Gasteiger partial charge in [0.05, 0.1) is 30.9 Å². The zero-order chi connectivity index (χ0) is 25.1. The highest BCUT2D eigenvalue weighted by Crippen LogP contribution is 2.25. The van der Waals surface area contributed by atoms with Gasteiger partial charge in [0.1, 0.15) is 11.6 Å². The minimum atomic E-state index is -4.26. The minimum Gasteiger partial charge on any atom is -0.484 e. The Morgan fingerprint density at radius 3 is 2.56 bits per heavy atom. The molecule has 1 amide bonds. The van der Waals surface area contributed by atoms with E-state index in [2.05, 4.69) is 15.5 Å². The quantitative estimate of drug-likeness (QED) is 0.392. The summed E-state index contributed by atoms with van der Waals surface area (Å²) < 4.78 is 75.8. The van der Waals surface area contributed by atoms with Crippen molar-refractivity contribution in [2.45, 2.75) is 45.2 Å². The van der Waals surface area contributed by atoms with Crippen molar-refractivity contribution >= 4 is 17.5 Å². The van der Waals surface area contributed by atoms with Gasteiger partial charge in [0.2, 0.25) is 6.29 Å². The van der Waals surface area contributed by atoms with Crippen LogP contribution in [0.15, 0.2) is 22.6 Å². The van der Waals surface area contributed by atoms with Crippen LogP contribution in [0.2, 0.25) is 5.02 Å². The van der Waals surface area contributed by atoms with Crippen LogP contribution in [0, 0.1) is 5.82 Å². The van der Waals surface area contributed by atoms with Crippen LogP contribution < -0.4 is 14.8 Å². The van der Waals surface area contributed by atoms with Gasteiger partial charge in [-0.2, -0.15) is 13.2 Å². The van der Waals surface area contributed by atoms with Crippen molar-refractivity contribution in [3.63, 3.8) is 0 Å². The molecule has 1 saturated heterocycles. The summed E-state index contributed by atoms with van der Waals surface area (Å²) in [6.45, 7) is 3.50. The fourth-order valence-electron chi connectivity index (χ4n) is 2.52. The molecule has 1 aromatic heterocycles. The Morgan fingerprint density at radius 2 is 1.91 bits per heavy atom. The van der Waals surface area contributed by atoms with E-state index >= 15 is 0 Å². The molecule has 1 aliphatic rings. The lowest BCUT2D eigenvalue weighted by Gasteiger charge is -2.27. The molecule has 0 radical (unpaired) electrons. The number of halogens is 5. The number of rotatable bonds is 9. The van der Waals surface area contributed by atoms with Crippen LogP contribution in [-0.2, 0) is 14.3 Å². The standard InChI is InChI=1S/C18H18ClF4N3O6.C2H6/c19-12-3-2-11(6-13(12)20)29-9-14(27)24-10-7-30-16(31-8-10)15-25-26-17(32-15)28-5-1-4-18(21,22)23;1-2/h2-3,6,10,16H,1,4-5,7-9H2,(H,24,27);1-2H3. The lowest BCUT2D eigenvalue weighted by atomic mass is 10.3. The molecular weight excluding hydrogens is 490 g/mol. The maximum absolute atomic E-state index is 13.4. The Balaban J connectivity index is 0.00000199. The second-order valence-electron chi connectivity index (χ2n) is 6.60. The molecule has 190 valence electrons. The molecule has 34 heavy (non-hydrogen) atoms. The molecule has 1 aromatic carbocycles. The molecule has 0 saturated carbocycles. The third kappa shape index (κ3) is 9.31. The molecule has 2 aromatic rings. The van der Waals surface area contributed by atoms with Crippen molar-refractivity contribution in [3.8, 4) is 11.8 Å². The van der Waals surface area contributed by atoms with Crippen molar-refractivity contribution < 1.29 is 45.7 Å². The van der Waals surface area contributed by atoms with E-state index in [9.17, 15) is 22.4 Å². The summed E-state index contributed by atoms with van der Waals surface area (Å²) in [5.74, 6) is -1.08. The fraction of sp³-hybridized carbons (Fsp3) is 0.550. The molecule has 0 aliphatic carbocycles. The highest BCUT2D eigenvalue weighted by atomic mass is 35.5. The molecule has 9 nitrogen and oxygen atoms in total. The topological polar surface area (TPSA) is 105 Å². The van der Waals surface area contributed by atoms with Crippen molar-refractivity contribution in [3.05, 3.63) is 34.9 Å². The first-order valence-electron chi connectivity index (χ1n) is 10.3. The van der Waals surface area contributed by atoms with Crippen molar-refractivity contribution in [2.75, 3.05) is 26.4 Å². The van der Waals surface area contributed by atoms with Gasteiger partial charge < -0.3 is 28.7 Å². The summed E-state index contributed by atoms with van der Waals surface area (Å²) in [6, 6.07) is 3.30. The summed E-state index contributed by atoms with van der Waals surface area (Å²) in [5, 5.41) is 9.79. The zero-order valence-corrected chi connectivity index (χ0v) is 19.1. The number of hydrogen-bond donors (Lipinski definition) is 1. The SMILES string of the molecule is CC.O=C(COc1ccc(Cl)c(F)c1)NC1COC(c2nnc(OCCCC(F)(F)F)o2)OC1. The number of hydrogen-bond acceptors (Lipinski definition) is 8. The second-order valence-corrected chi connectivity index (χ2v) is 7.01. The highest BCUT2D eigenvalue weighted by Gasteiger charge is 2.29. The maximum atomic E-state index is 13.4. The number of carbonyl (C=O) groups is 1. The van der Waals surface area contributed by atoms with Gasteiger partial charge in [0.15, 0.2) is 6.61 Å². The van der Waals surface area contributed by atoms with E-state index in [1.165, 1.54) is 12.1 Å². The van der Waals surface area contributed by atoms with Gasteiger partial charge in [-0.15, -0.1) is 5.10 Å². The first kappa shape index (κ1) is 27.6. The van der Waals surface area contributed by atoms with E-state index in [1.54, 1.807) is 0 Å². The first-order chi connectivity index (χ1) is 16.2. The van der Waals surface area contributed by atoms with Crippen LogP contribution in [0.5, 0.6) is 11.8 Å². The average molecular weight is 514 g/mol. The van der Waals surface area contributed by atoms with E-state index in [1.807, 2.05) is 13.8 Å². The Labute approximate surface area is 197 Å². The normalized spacial score (nSPS) is 18.0. The van der Waals surface area contributed by atoms with Gasteiger partial charge in [0.25, 0.3) is 11.8 Å². The Morgan fingerprint density at radius 1 is 1.21 bits per heavy atom. The van der Waals surface area contributed by atoms with Crippen LogP contribution in [0.4, 0.5) is 17.6 Å². The van der Waals surface area contributed by atoms with E-state index < -0.39 is 36.7 Å². The number of carbonyl (C=O) groups excluding carboxylic acids is 1. The third-order valence-corrected chi connectivity index (χ3v) is 4.28. The van der Waals surface area contributed by atoms with Gasteiger partial charge in [-0.25, -0.2) is 4.39 Å². The molecule has 3 rings (SSSR count). The predicted molar refractivity (Wildman–Crippen MR) is 110 cm³/mol. The number of aromatic nitrogens is 2. The van der Waals surface area contributed by atoms with Gasteiger partial charge in [0, 0.05) is 12.5 Å². The van der Waals surface area contributed by atoms with E-state index in [0.29, 0.717) is 0 Å².